The van der Waals surface area contributed by atoms with Crippen molar-refractivity contribution < 1.29 is 14.7 Å². The molecular weight excluding hydrogens is 313 g/mol. The SMILES string of the molecule is CC(NC(=O)C1CC12CC2)(C(=O)O)c1ccc(Cl)c(Cl)c1. The summed E-state index contributed by atoms with van der Waals surface area (Å²) in [4.78, 5) is 24.0. The summed E-state index contributed by atoms with van der Waals surface area (Å²) >= 11 is 11.8. The summed E-state index contributed by atoms with van der Waals surface area (Å²) < 4.78 is 0. The number of benzene rings is 1. The number of nitrogens with one attached hydrogen (secondary N) is 1. The van der Waals surface area contributed by atoms with Crippen molar-refractivity contribution in [3.8, 4) is 0 Å². The summed E-state index contributed by atoms with van der Waals surface area (Å²) in [5, 5.41) is 12.8. The highest BCUT2D eigenvalue weighted by molar-refractivity contribution is 6.42. The molecule has 1 aromatic carbocycles. The highest BCUT2D eigenvalue weighted by atomic mass is 35.5. The Morgan fingerprint density at radius 3 is 2.48 bits per heavy atom. The molecule has 112 valence electrons. The van der Waals surface area contributed by atoms with Gasteiger partial charge in [0.1, 0.15) is 0 Å². The first kappa shape index (κ1) is 14.7. The van der Waals surface area contributed by atoms with Gasteiger partial charge in [-0.25, -0.2) is 4.79 Å². The molecule has 0 radical (unpaired) electrons. The first-order valence-electron chi connectivity index (χ1n) is 6.79. The van der Waals surface area contributed by atoms with Gasteiger partial charge in [0.2, 0.25) is 5.91 Å². The van der Waals surface area contributed by atoms with E-state index >= 15 is 0 Å². The topological polar surface area (TPSA) is 66.4 Å². The number of hydrogen-bond donors (Lipinski definition) is 2. The van der Waals surface area contributed by atoms with Crippen molar-refractivity contribution in [2.45, 2.75) is 31.7 Å². The van der Waals surface area contributed by atoms with Gasteiger partial charge in [0, 0.05) is 5.92 Å². The van der Waals surface area contributed by atoms with Crippen molar-refractivity contribution in [2.75, 3.05) is 0 Å². The van der Waals surface area contributed by atoms with Crippen molar-refractivity contribution >= 4 is 35.1 Å². The molecule has 2 atom stereocenters. The first-order valence-corrected chi connectivity index (χ1v) is 7.55. The van der Waals surface area contributed by atoms with Gasteiger partial charge in [0.05, 0.1) is 10.0 Å². The fourth-order valence-electron chi connectivity index (χ4n) is 2.82. The largest absolute Gasteiger partial charge is 0.479 e. The lowest BCUT2D eigenvalue weighted by Gasteiger charge is -2.27. The molecule has 0 bridgehead atoms. The quantitative estimate of drug-likeness (QED) is 0.892. The minimum atomic E-state index is -1.51. The zero-order chi connectivity index (χ0) is 15.4. The van der Waals surface area contributed by atoms with E-state index in [-0.39, 0.29) is 22.3 Å². The summed E-state index contributed by atoms with van der Waals surface area (Å²) in [6, 6.07) is 4.59. The van der Waals surface area contributed by atoms with Gasteiger partial charge in [-0.3, -0.25) is 4.79 Å². The molecule has 3 rings (SSSR count). The zero-order valence-electron chi connectivity index (χ0n) is 11.5. The number of carbonyl (C=O) groups is 2. The van der Waals surface area contributed by atoms with Crippen LogP contribution in [-0.2, 0) is 15.1 Å². The van der Waals surface area contributed by atoms with Gasteiger partial charge in [-0.15, -0.1) is 0 Å². The highest BCUT2D eigenvalue weighted by Crippen LogP contribution is 2.70. The molecule has 2 N–H and O–H groups in total. The molecule has 2 saturated carbocycles. The van der Waals surface area contributed by atoms with Crippen LogP contribution in [0.2, 0.25) is 10.0 Å². The van der Waals surface area contributed by atoms with Crippen LogP contribution < -0.4 is 5.32 Å². The van der Waals surface area contributed by atoms with E-state index in [1.165, 1.54) is 19.1 Å². The number of aliphatic carboxylic acids is 1. The van der Waals surface area contributed by atoms with E-state index in [4.69, 9.17) is 23.2 Å². The third-order valence-corrected chi connectivity index (χ3v) is 5.44. The molecule has 0 saturated heterocycles. The predicted molar refractivity (Wildman–Crippen MR) is 79.4 cm³/mol. The number of carboxylic acids is 1. The number of hydrogen-bond acceptors (Lipinski definition) is 2. The van der Waals surface area contributed by atoms with E-state index in [1.807, 2.05) is 0 Å². The van der Waals surface area contributed by atoms with E-state index in [0.29, 0.717) is 10.6 Å². The summed E-state index contributed by atoms with van der Waals surface area (Å²) in [5.41, 5.74) is -0.922. The Kier molecular flexibility index (Phi) is 3.22. The number of halogens is 2. The Hall–Kier alpha value is -1.26. The van der Waals surface area contributed by atoms with Crippen molar-refractivity contribution in [2.24, 2.45) is 11.3 Å². The molecule has 0 aromatic heterocycles. The Bertz CT molecular complexity index is 642. The number of amides is 1. The average molecular weight is 328 g/mol. The normalized spacial score (nSPS) is 24.2. The number of carbonyl (C=O) groups excluding carboxylic acids is 1. The van der Waals surface area contributed by atoms with Crippen LogP contribution in [-0.4, -0.2) is 17.0 Å². The Morgan fingerprint density at radius 2 is 2.00 bits per heavy atom. The highest BCUT2D eigenvalue weighted by Gasteiger charge is 2.66. The van der Waals surface area contributed by atoms with Gasteiger partial charge in [-0.05, 0) is 49.3 Å². The van der Waals surface area contributed by atoms with Crippen molar-refractivity contribution in [1.82, 2.24) is 5.32 Å². The minimum absolute atomic E-state index is 0.0426. The first-order chi connectivity index (χ1) is 9.78. The Labute approximate surface area is 132 Å². The van der Waals surface area contributed by atoms with Crippen LogP contribution in [0.3, 0.4) is 0 Å². The molecule has 2 fully saturated rings. The maximum absolute atomic E-state index is 12.3. The van der Waals surface area contributed by atoms with Gasteiger partial charge in [0.25, 0.3) is 0 Å². The third kappa shape index (κ3) is 2.40. The van der Waals surface area contributed by atoms with Crippen molar-refractivity contribution in [3.05, 3.63) is 33.8 Å². The van der Waals surface area contributed by atoms with Crippen LogP contribution in [0.1, 0.15) is 31.7 Å². The second-order valence-electron chi connectivity index (χ2n) is 6.17. The summed E-state index contributed by atoms with van der Waals surface area (Å²) in [5.74, 6) is -1.36. The molecule has 4 nitrogen and oxygen atoms in total. The van der Waals surface area contributed by atoms with E-state index in [1.54, 1.807) is 6.07 Å². The van der Waals surface area contributed by atoms with Gasteiger partial charge in [0.15, 0.2) is 5.54 Å². The van der Waals surface area contributed by atoms with Crippen LogP contribution in [0.25, 0.3) is 0 Å². The monoisotopic (exact) mass is 327 g/mol. The fourth-order valence-corrected chi connectivity index (χ4v) is 3.12. The van der Waals surface area contributed by atoms with Crippen LogP contribution in [0.4, 0.5) is 0 Å². The third-order valence-electron chi connectivity index (χ3n) is 4.70. The van der Waals surface area contributed by atoms with Gasteiger partial charge in [-0.1, -0.05) is 29.3 Å². The van der Waals surface area contributed by atoms with Gasteiger partial charge >= 0.3 is 5.97 Å². The smallest absolute Gasteiger partial charge is 0.333 e. The summed E-state index contributed by atoms with van der Waals surface area (Å²) in [6.45, 7) is 1.47. The average Bonchev–Trinajstić information content (AvgIpc) is 3.33. The van der Waals surface area contributed by atoms with Crippen LogP contribution in [0.15, 0.2) is 18.2 Å². The van der Waals surface area contributed by atoms with Gasteiger partial charge < -0.3 is 10.4 Å². The molecular formula is C15H15Cl2NO3. The maximum atomic E-state index is 12.3. The molecule has 21 heavy (non-hydrogen) atoms. The second kappa shape index (κ2) is 4.62. The Morgan fingerprint density at radius 1 is 1.33 bits per heavy atom. The Balaban J connectivity index is 1.86. The lowest BCUT2D eigenvalue weighted by atomic mass is 9.91. The van der Waals surface area contributed by atoms with Crippen molar-refractivity contribution in [3.63, 3.8) is 0 Å². The molecule has 0 aliphatic heterocycles. The number of rotatable bonds is 4. The molecule has 2 aliphatic carbocycles. The van der Waals surface area contributed by atoms with E-state index in [0.717, 1.165) is 19.3 Å². The molecule has 1 aromatic rings. The molecule has 1 amide bonds. The molecule has 2 aliphatic rings. The summed E-state index contributed by atoms with van der Waals surface area (Å²) in [6.07, 6.45) is 3.01. The molecule has 6 heteroatoms. The van der Waals surface area contributed by atoms with Crippen LogP contribution in [0, 0.1) is 11.3 Å². The van der Waals surface area contributed by atoms with E-state index < -0.39 is 11.5 Å². The molecule has 2 unspecified atom stereocenters. The predicted octanol–water partition coefficient (Wildman–Crippen LogP) is 3.21. The standard InChI is InChI=1S/C15H15Cl2NO3/c1-14(13(20)21,8-2-3-10(16)11(17)6-8)18-12(19)9-7-15(9)4-5-15/h2-3,6,9H,4-5,7H2,1H3,(H,18,19)(H,20,21). The fraction of sp³-hybridized carbons (Fsp3) is 0.467. The number of carboxylic acid groups (broad SMARTS) is 1. The van der Waals surface area contributed by atoms with Crippen LogP contribution in [0.5, 0.6) is 0 Å². The zero-order valence-corrected chi connectivity index (χ0v) is 13.0. The lowest BCUT2D eigenvalue weighted by Crippen LogP contribution is -2.50. The molecule has 1 spiro atoms. The van der Waals surface area contributed by atoms with E-state index in [9.17, 15) is 14.7 Å². The summed E-state index contributed by atoms with van der Waals surface area (Å²) in [7, 11) is 0. The lowest BCUT2D eigenvalue weighted by molar-refractivity contribution is -0.147. The minimum Gasteiger partial charge on any atom is -0.479 e. The second-order valence-corrected chi connectivity index (χ2v) is 6.98. The van der Waals surface area contributed by atoms with Gasteiger partial charge in [-0.2, -0.15) is 0 Å². The van der Waals surface area contributed by atoms with Crippen molar-refractivity contribution in [1.29, 1.82) is 0 Å². The molecule has 0 heterocycles. The maximum Gasteiger partial charge on any atom is 0.333 e. The van der Waals surface area contributed by atoms with E-state index in [2.05, 4.69) is 5.32 Å². The van der Waals surface area contributed by atoms with Crippen LogP contribution >= 0.6 is 23.2 Å².